The number of ether oxygens (including phenoxy) is 1. The highest BCUT2D eigenvalue weighted by molar-refractivity contribution is 6.31. The van der Waals surface area contributed by atoms with Gasteiger partial charge in [0.15, 0.2) is 11.5 Å². The van der Waals surface area contributed by atoms with Gasteiger partial charge >= 0.3 is 0 Å². The standard InChI is InChI=1S/C17H11ClO3/c1-10-8-11(6-7-14(10)18)21-16-9-15(19)12-4-2-3-5-13(12)17(16)20/h2-9H,1H3. The van der Waals surface area contributed by atoms with Crippen LogP contribution < -0.4 is 4.74 Å². The van der Waals surface area contributed by atoms with Crippen molar-refractivity contribution in [1.29, 1.82) is 0 Å². The van der Waals surface area contributed by atoms with Crippen molar-refractivity contribution in [2.75, 3.05) is 0 Å². The lowest BCUT2D eigenvalue weighted by atomic mass is 9.94. The van der Waals surface area contributed by atoms with Crippen molar-refractivity contribution in [3.05, 3.63) is 76.0 Å². The summed E-state index contributed by atoms with van der Waals surface area (Å²) in [5.41, 5.74) is 1.61. The van der Waals surface area contributed by atoms with Gasteiger partial charge in [-0.25, -0.2) is 0 Å². The van der Waals surface area contributed by atoms with Gasteiger partial charge in [0.05, 0.1) is 0 Å². The third kappa shape index (κ3) is 2.48. The molecule has 3 rings (SSSR count). The van der Waals surface area contributed by atoms with Crippen LogP contribution in [-0.2, 0) is 0 Å². The highest BCUT2D eigenvalue weighted by Crippen LogP contribution is 2.26. The van der Waals surface area contributed by atoms with Crippen LogP contribution in [0.1, 0.15) is 26.3 Å². The van der Waals surface area contributed by atoms with E-state index in [1.165, 1.54) is 6.08 Å². The molecule has 0 radical (unpaired) electrons. The first-order valence-corrected chi connectivity index (χ1v) is 6.78. The minimum Gasteiger partial charge on any atom is -0.453 e. The first kappa shape index (κ1) is 13.6. The van der Waals surface area contributed by atoms with Gasteiger partial charge in [-0.1, -0.05) is 35.9 Å². The number of hydrogen-bond donors (Lipinski definition) is 0. The van der Waals surface area contributed by atoms with E-state index < -0.39 is 0 Å². The summed E-state index contributed by atoms with van der Waals surface area (Å²) < 4.78 is 5.56. The first-order valence-electron chi connectivity index (χ1n) is 6.40. The van der Waals surface area contributed by atoms with Gasteiger partial charge in [-0.3, -0.25) is 9.59 Å². The van der Waals surface area contributed by atoms with Crippen LogP contribution in [0.5, 0.6) is 5.75 Å². The van der Waals surface area contributed by atoms with Crippen LogP contribution in [0, 0.1) is 6.92 Å². The summed E-state index contributed by atoms with van der Waals surface area (Å²) in [6.45, 7) is 1.84. The fourth-order valence-electron chi connectivity index (χ4n) is 2.17. The summed E-state index contributed by atoms with van der Waals surface area (Å²) >= 11 is 5.95. The topological polar surface area (TPSA) is 43.4 Å². The summed E-state index contributed by atoms with van der Waals surface area (Å²) in [7, 11) is 0. The molecule has 4 heteroatoms. The lowest BCUT2D eigenvalue weighted by Crippen LogP contribution is -2.20. The third-order valence-corrected chi connectivity index (χ3v) is 3.70. The number of aryl methyl sites for hydroxylation is 1. The van der Waals surface area contributed by atoms with Crippen LogP contribution in [0.2, 0.25) is 5.02 Å². The second-order valence-electron chi connectivity index (χ2n) is 4.76. The van der Waals surface area contributed by atoms with Crippen LogP contribution in [0.3, 0.4) is 0 Å². The van der Waals surface area contributed by atoms with E-state index in [4.69, 9.17) is 16.3 Å². The summed E-state index contributed by atoms with van der Waals surface area (Å²) in [5, 5.41) is 0.618. The number of carbonyl (C=O) groups is 2. The Morgan fingerprint density at radius 2 is 1.71 bits per heavy atom. The maximum atomic E-state index is 12.3. The molecule has 0 heterocycles. The number of ketones is 2. The van der Waals surface area contributed by atoms with Gasteiger partial charge in [-0.2, -0.15) is 0 Å². The fraction of sp³-hybridized carbons (Fsp3) is 0.0588. The number of hydrogen-bond acceptors (Lipinski definition) is 3. The molecule has 104 valence electrons. The largest absolute Gasteiger partial charge is 0.453 e. The third-order valence-electron chi connectivity index (χ3n) is 3.28. The smallest absolute Gasteiger partial charge is 0.229 e. The van der Waals surface area contributed by atoms with Gasteiger partial charge in [-0.05, 0) is 30.7 Å². The van der Waals surface area contributed by atoms with E-state index >= 15 is 0 Å². The second kappa shape index (κ2) is 5.19. The minimum atomic E-state index is -0.294. The average molecular weight is 299 g/mol. The highest BCUT2D eigenvalue weighted by atomic mass is 35.5. The molecule has 0 saturated heterocycles. The van der Waals surface area contributed by atoms with Crippen LogP contribution >= 0.6 is 11.6 Å². The molecule has 0 bridgehead atoms. The molecule has 21 heavy (non-hydrogen) atoms. The normalized spacial score (nSPS) is 13.7. The van der Waals surface area contributed by atoms with E-state index in [2.05, 4.69) is 0 Å². The van der Waals surface area contributed by atoms with E-state index in [0.29, 0.717) is 21.9 Å². The van der Waals surface area contributed by atoms with Crippen molar-refractivity contribution in [2.24, 2.45) is 0 Å². The molecule has 0 amide bonds. The zero-order chi connectivity index (χ0) is 15.0. The van der Waals surface area contributed by atoms with E-state index in [1.807, 2.05) is 6.92 Å². The predicted molar refractivity (Wildman–Crippen MR) is 80.0 cm³/mol. The van der Waals surface area contributed by atoms with Crippen molar-refractivity contribution >= 4 is 23.2 Å². The molecule has 1 aliphatic rings. The molecule has 0 N–H and O–H groups in total. The summed E-state index contributed by atoms with van der Waals surface area (Å²) in [4.78, 5) is 24.4. The molecule has 0 aliphatic heterocycles. The molecule has 0 atom stereocenters. The lowest BCUT2D eigenvalue weighted by molar-refractivity contribution is 0.0947. The van der Waals surface area contributed by atoms with Gasteiger partial charge in [0.25, 0.3) is 0 Å². The number of rotatable bonds is 2. The Morgan fingerprint density at radius 1 is 1.00 bits per heavy atom. The predicted octanol–water partition coefficient (Wildman–Crippen LogP) is 3.99. The quantitative estimate of drug-likeness (QED) is 0.842. The molecular formula is C17H11ClO3. The summed E-state index contributed by atoms with van der Waals surface area (Å²) in [5.74, 6) is -0.0206. The SMILES string of the molecule is Cc1cc(OC2=CC(=O)c3ccccc3C2=O)ccc1Cl. The monoisotopic (exact) mass is 298 g/mol. The number of Topliss-reactive ketones (excluding diaryl/α,β-unsaturated/α-hetero) is 1. The maximum absolute atomic E-state index is 12.3. The van der Waals surface area contributed by atoms with Crippen LogP contribution in [0.25, 0.3) is 0 Å². The van der Waals surface area contributed by atoms with Gasteiger partial charge in [0.2, 0.25) is 5.78 Å². The van der Waals surface area contributed by atoms with Crippen molar-refractivity contribution < 1.29 is 14.3 Å². The fourth-order valence-corrected chi connectivity index (χ4v) is 2.29. The van der Waals surface area contributed by atoms with Crippen LogP contribution in [0.4, 0.5) is 0 Å². The Kier molecular flexibility index (Phi) is 3.35. The van der Waals surface area contributed by atoms with Crippen LogP contribution in [-0.4, -0.2) is 11.6 Å². The molecule has 0 unspecified atom stereocenters. The zero-order valence-electron chi connectivity index (χ0n) is 11.2. The molecule has 2 aromatic carbocycles. The van der Waals surface area contributed by atoms with E-state index in [0.717, 1.165) is 5.56 Å². The van der Waals surface area contributed by atoms with Crippen molar-refractivity contribution in [1.82, 2.24) is 0 Å². The molecule has 0 saturated carbocycles. The Labute approximate surface area is 126 Å². The minimum absolute atomic E-state index is 0.0282. The molecule has 1 aliphatic carbocycles. The van der Waals surface area contributed by atoms with E-state index in [-0.39, 0.29) is 17.3 Å². The number of benzene rings is 2. The van der Waals surface area contributed by atoms with Crippen molar-refractivity contribution in [3.63, 3.8) is 0 Å². The van der Waals surface area contributed by atoms with Crippen molar-refractivity contribution in [3.8, 4) is 5.75 Å². The molecular weight excluding hydrogens is 288 g/mol. The number of fused-ring (bicyclic) bond motifs is 1. The molecule has 2 aromatic rings. The molecule has 0 fully saturated rings. The highest BCUT2D eigenvalue weighted by Gasteiger charge is 2.26. The average Bonchev–Trinajstić information content (AvgIpc) is 2.48. The molecule has 3 nitrogen and oxygen atoms in total. The Balaban J connectivity index is 1.95. The van der Waals surface area contributed by atoms with E-state index in [1.54, 1.807) is 42.5 Å². The van der Waals surface area contributed by atoms with Gasteiger partial charge in [-0.15, -0.1) is 0 Å². The molecule has 0 aromatic heterocycles. The zero-order valence-corrected chi connectivity index (χ0v) is 12.0. The van der Waals surface area contributed by atoms with Crippen LogP contribution in [0.15, 0.2) is 54.3 Å². The summed E-state index contributed by atoms with van der Waals surface area (Å²) in [6.07, 6.45) is 1.23. The van der Waals surface area contributed by atoms with E-state index in [9.17, 15) is 9.59 Å². The van der Waals surface area contributed by atoms with Gasteiger partial charge in [0, 0.05) is 22.2 Å². The van der Waals surface area contributed by atoms with Gasteiger partial charge in [0.1, 0.15) is 5.75 Å². The lowest BCUT2D eigenvalue weighted by Gasteiger charge is -2.15. The Morgan fingerprint density at radius 3 is 2.43 bits per heavy atom. The number of allylic oxidation sites excluding steroid dienone is 2. The number of halogens is 1. The second-order valence-corrected chi connectivity index (χ2v) is 5.17. The van der Waals surface area contributed by atoms with Crippen molar-refractivity contribution in [2.45, 2.75) is 6.92 Å². The summed E-state index contributed by atoms with van der Waals surface area (Å²) in [6, 6.07) is 11.8. The molecule has 0 spiro atoms. The van der Waals surface area contributed by atoms with Gasteiger partial charge < -0.3 is 4.74 Å². The number of carbonyl (C=O) groups excluding carboxylic acids is 2. The Bertz CT molecular complexity index is 790. The Hall–Kier alpha value is -2.39. The maximum Gasteiger partial charge on any atom is 0.229 e. The first-order chi connectivity index (χ1) is 10.1.